The van der Waals surface area contributed by atoms with Crippen LogP contribution in [0.25, 0.3) is 11.4 Å². The highest BCUT2D eigenvalue weighted by molar-refractivity contribution is 6.02. The zero-order valence-electron chi connectivity index (χ0n) is 22.2. The van der Waals surface area contributed by atoms with Crippen LogP contribution in [0, 0.1) is 6.92 Å². The highest BCUT2D eigenvalue weighted by atomic mass is 16.5. The minimum atomic E-state index is -1.11. The summed E-state index contributed by atoms with van der Waals surface area (Å²) in [5.41, 5.74) is 1.76. The molecule has 2 amide bonds. The molecule has 0 radical (unpaired) electrons. The van der Waals surface area contributed by atoms with Gasteiger partial charge in [0.1, 0.15) is 18.1 Å². The zero-order valence-corrected chi connectivity index (χ0v) is 22.2. The van der Waals surface area contributed by atoms with Crippen molar-refractivity contribution in [1.82, 2.24) is 25.5 Å². The maximum absolute atomic E-state index is 14.0. The second kappa shape index (κ2) is 11.3. The molecule has 0 aliphatic rings. The van der Waals surface area contributed by atoms with Crippen molar-refractivity contribution in [1.29, 1.82) is 0 Å². The number of hydrogen-bond donors (Lipinski definition) is 1. The first-order chi connectivity index (χ1) is 18.2. The molecule has 2 heterocycles. The number of nitrogens with one attached hydrogen (secondary N) is 1. The van der Waals surface area contributed by atoms with Crippen LogP contribution in [0.4, 0.5) is 5.69 Å². The van der Waals surface area contributed by atoms with Gasteiger partial charge in [-0.1, -0.05) is 42.0 Å². The van der Waals surface area contributed by atoms with Crippen LogP contribution in [0.15, 0.2) is 71.3 Å². The van der Waals surface area contributed by atoms with E-state index in [0.717, 1.165) is 11.1 Å². The van der Waals surface area contributed by atoms with Crippen molar-refractivity contribution in [2.45, 2.75) is 52.7 Å². The Morgan fingerprint density at radius 1 is 1.08 bits per heavy atom. The number of ether oxygens (including phenoxy) is 1. The third kappa shape index (κ3) is 6.26. The monoisotopic (exact) mass is 516 g/mol. The molecule has 4 rings (SSSR count). The molecular formula is C28H32N6O4. The van der Waals surface area contributed by atoms with Gasteiger partial charge in [0.25, 0.3) is 11.8 Å². The Morgan fingerprint density at radius 2 is 1.82 bits per heavy atom. The van der Waals surface area contributed by atoms with E-state index in [2.05, 4.69) is 20.7 Å². The number of aryl methyl sites for hydroxylation is 1. The number of aromatic nitrogens is 4. The second-order valence-corrected chi connectivity index (χ2v) is 9.83. The first-order valence-electron chi connectivity index (χ1n) is 12.4. The Hall–Kier alpha value is -4.47. The summed E-state index contributed by atoms with van der Waals surface area (Å²) in [4.78, 5) is 30.2. The molecule has 1 atom stereocenters. The maximum Gasteiger partial charge on any atom is 0.251 e. The number of amides is 2. The summed E-state index contributed by atoms with van der Waals surface area (Å²) in [5, 5.41) is 15.6. The molecule has 0 saturated carbocycles. The Kier molecular flexibility index (Phi) is 7.90. The van der Waals surface area contributed by atoms with Gasteiger partial charge in [0.15, 0.2) is 6.04 Å². The molecule has 10 heteroatoms. The first-order valence-corrected chi connectivity index (χ1v) is 12.4. The molecule has 0 aliphatic heterocycles. The van der Waals surface area contributed by atoms with E-state index in [4.69, 9.17) is 9.15 Å². The summed E-state index contributed by atoms with van der Waals surface area (Å²) >= 11 is 0. The van der Waals surface area contributed by atoms with E-state index in [9.17, 15) is 9.59 Å². The Balaban J connectivity index is 1.74. The SMILES string of the molecule is CCOc1ccccc1N(C(=O)Cn1nnc(-c2ccc(C)cc2)n1)[C@@H](C(=O)NC(C)(C)C)c1ccco1. The standard InChI is InChI=1S/C28H32N6O4/c1-6-37-22-11-8-7-10-21(22)34(25(23-12-9-17-38-23)27(36)29-28(3,4)5)24(35)18-33-31-26(30-32-33)20-15-13-19(2)14-16-20/h7-17,25H,6,18H2,1-5H3,(H,29,36)/t25-/m1/s1. The molecule has 1 N–H and O–H groups in total. The van der Waals surface area contributed by atoms with Crippen LogP contribution in [0.3, 0.4) is 0 Å². The number of tetrazole rings is 1. The largest absolute Gasteiger partial charge is 0.492 e. The topological polar surface area (TPSA) is 115 Å². The molecule has 4 aromatic rings. The smallest absolute Gasteiger partial charge is 0.251 e. The second-order valence-electron chi connectivity index (χ2n) is 9.83. The molecule has 0 saturated heterocycles. The van der Waals surface area contributed by atoms with Crippen LogP contribution in [0.1, 0.15) is 45.1 Å². The maximum atomic E-state index is 14.0. The molecule has 0 spiro atoms. The molecule has 198 valence electrons. The van der Waals surface area contributed by atoms with Gasteiger partial charge < -0.3 is 14.5 Å². The van der Waals surface area contributed by atoms with Crippen LogP contribution in [-0.2, 0) is 16.1 Å². The zero-order chi connectivity index (χ0) is 27.3. The summed E-state index contributed by atoms with van der Waals surface area (Å²) in [5.74, 6) is 0.301. The number of hydrogen-bond acceptors (Lipinski definition) is 7. The van der Waals surface area contributed by atoms with E-state index >= 15 is 0 Å². The lowest BCUT2D eigenvalue weighted by molar-refractivity contribution is -0.128. The summed E-state index contributed by atoms with van der Waals surface area (Å²) < 4.78 is 11.5. The number of furan rings is 1. The van der Waals surface area contributed by atoms with Crippen molar-refractivity contribution in [2.24, 2.45) is 0 Å². The van der Waals surface area contributed by atoms with Gasteiger partial charge in [-0.05, 0) is 64.1 Å². The number of rotatable bonds is 9. The summed E-state index contributed by atoms with van der Waals surface area (Å²) in [7, 11) is 0. The van der Waals surface area contributed by atoms with Crippen LogP contribution < -0.4 is 15.0 Å². The molecule has 0 bridgehead atoms. The Labute approximate surface area is 221 Å². The molecule has 0 unspecified atom stereocenters. The quantitative estimate of drug-likeness (QED) is 0.352. The molecule has 10 nitrogen and oxygen atoms in total. The number of carbonyl (C=O) groups is 2. The van der Waals surface area contributed by atoms with Crippen molar-refractivity contribution >= 4 is 17.5 Å². The van der Waals surface area contributed by atoms with Crippen LogP contribution in [0.2, 0.25) is 0 Å². The minimum Gasteiger partial charge on any atom is -0.492 e. The van der Waals surface area contributed by atoms with Crippen molar-refractivity contribution in [3.05, 3.63) is 78.3 Å². The predicted molar refractivity (Wildman–Crippen MR) is 142 cm³/mol. The molecule has 38 heavy (non-hydrogen) atoms. The fourth-order valence-electron chi connectivity index (χ4n) is 3.94. The first kappa shape index (κ1) is 26.6. The van der Waals surface area contributed by atoms with Gasteiger partial charge in [0, 0.05) is 11.1 Å². The van der Waals surface area contributed by atoms with Gasteiger partial charge in [-0.2, -0.15) is 4.80 Å². The van der Waals surface area contributed by atoms with Crippen LogP contribution in [0.5, 0.6) is 5.75 Å². The van der Waals surface area contributed by atoms with Crippen molar-refractivity contribution < 1.29 is 18.7 Å². The van der Waals surface area contributed by atoms with Gasteiger partial charge >= 0.3 is 0 Å². The molecule has 2 aromatic heterocycles. The predicted octanol–water partition coefficient (Wildman–Crippen LogP) is 4.33. The average Bonchev–Trinajstić information content (AvgIpc) is 3.55. The van der Waals surface area contributed by atoms with E-state index in [0.29, 0.717) is 29.6 Å². The molecule has 0 fully saturated rings. The van der Waals surface area contributed by atoms with E-state index < -0.39 is 23.4 Å². The summed E-state index contributed by atoms with van der Waals surface area (Å²) in [6.07, 6.45) is 1.47. The summed E-state index contributed by atoms with van der Waals surface area (Å²) in [6, 6.07) is 17.0. The van der Waals surface area contributed by atoms with Crippen molar-refractivity contribution in [3.63, 3.8) is 0 Å². The number of para-hydroxylation sites is 2. The van der Waals surface area contributed by atoms with E-state index in [1.807, 2.05) is 58.9 Å². The number of benzene rings is 2. The Bertz CT molecular complexity index is 1370. The lowest BCUT2D eigenvalue weighted by Gasteiger charge is -2.33. The van der Waals surface area contributed by atoms with Gasteiger partial charge in [-0.15, -0.1) is 10.2 Å². The van der Waals surface area contributed by atoms with Crippen molar-refractivity contribution in [2.75, 3.05) is 11.5 Å². The number of nitrogens with zero attached hydrogens (tertiary/aromatic N) is 5. The highest BCUT2D eigenvalue weighted by Gasteiger charge is 2.38. The van der Waals surface area contributed by atoms with Crippen molar-refractivity contribution in [3.8, 4) is 17.1 Å². The van der Waals surface area contributed by atoms with E-state index in [1.54, 1.807) is 36.4 Å². The normalized spacial score (nSPS) is 12.1. The average molecular weight is 517 g/mol. The lowest BCUT2D eigenvalue weighted by atomic mass is 10.1. The molecule has 2 aromatic carbocycles. The number of carbonyl (C=O) groups excluding carboxylic acids is 2. The third-order valence-corrected chi connectivity index (χ3v) is 5.55. The van der Waals surface area contributed by atoms with E-state index in [-0.39, 0.29) is 6.54 Å². The number of anilines is 1. The lowest BCUT2D eigenvalue weighted by Crippen LogP contribution is -2.50. The minimum absolute atomic E-state index is 0.265. The van der Waals surface area contributed by atoms with E-state index in [1.165, 1.54) is 16.0 Å². The fraction of sp³-hybridized carbons (Fsp3) is 0.321. The van der Waals surface area contributed by atoms with Gasteiger partial charge in [-0.25, -0.2) is 0 Å². The van der Waals surface area contributed by atoms with Crippen LogP contribution >= 0.6 is 0 Å². The summed E-state index contributed by atoms with van der Waals surface area (Å²) in [6.45, 7) is 9.57. The molecular weight excluding hydrogens is 484 g/mol. The third-order valence-electron chi connectivity index (χ3n) is 5.55. The van der Waals surface area contributed by atoms with Gasteiger partial charge in [0.2, 0.25) is 5.82 Å². The molecule has 0 aliphatic carbocycles. The fourth-order valence-corrected chi connectivity index (χ4v) is 3.94. The van der Waals surface area contributed by atoms with Gasteiger partial charge in [0.05, 0.1) is 18.6 Å². The van der Waals surface area contributed by atoms with Crippen LogP contribution in [-0.4, -0.2) is 44.2 Å². The Morgan fingerprint density at radius 3 is 2.47 bits per heavy atom. The highest BCUT2D eigenvalue weighted by Crippen LogP contribution is 2.35. The van der Waals surface area contributed by atoms with Gasteiger partial charge in [-0.3, -0.25) is 14.5 Å².